The number of amides is 1. The molecule has 0 aliphatic rings. The predicted molar refractivity (Wildman–Crippen MR) is 112 cm³/mol. The summed E-state index contributed by atoms with van der Waals surface area (Å²) >= 11 is 0. The number of primary amides is 1. The molecular weight excluding hydrogens is 325 g/mol. The summed E-state index contributed by atoms with van der Waals surface area (Å²) in [6.07, 6.45) is 26.1. The molecule has 0 heterocycles. The Balaban J connectivity index is 3.58. The average Bonchev–Trinajstić information content (AvgIpc) is 2.61. The number of nitrogens with two attached hydrogens (primary N) is 1. The van der Waals surface area contributed by atoms with Crippen molar-refractivity contribution in [3.05, 3.63) is 48.6 Å². The van der Waals surface area contributed by atoms with E-state index in [1.54, 1.807) is 0 Å². The molecule has 0 spiro atoms. The number of hydrogen-bond acceptors (Lipinski definition) is 1. The molecule has 0 aromatic carbocycles. The normalized spacial score (nSPS) is 14.9. The van der Waals surface area contributed by atoms with Crippen molar-refractivity contribution in [2.75, 3.05) is 0 Å². The van der Waals surface area contributed by atoms with Crippen LogP contribution in [0.5, 0.6) is 0 Å². The van der Waals surface area contributed by atoms with Crippen molar-refractivity contribution in [3.8, 4) is 0 Å². The van der Waals surface area contributed by atoms with E-state index in [9.17, 15) is 9.18 Å². The molecule has 2 nitrogen and oxygen atoms in total. The molecule has 148 valence electrons. The van der Waals surface area contributed by atoms with Crippen molar-refractivity contribution in [1.82, 2.24) is 0 Å². The molecule has 0 saturated heterocycles. The Bertz CT molecular complexity index is 451. The Hall–Kier alpha value is -1.64. The molecule has 0 radical (unpaired) electrons. The number of allylic oxidation sites excluding steroid dienone is 8. The third kappa shape index (κ3) is 17.2. The lowest BCUT2D eigenvalue weighted by Crippen LogP contribution is -2.26. The summed E-state index contributed by atoms with van der Waals surface area (Å²) in [7, 11) is 0. The number of unbranched alkanes of at least 4 members (excludes halogenated alkanes) is 3. The van der Waals surface area contributed by atoms with E-state index in [-0.39, 0.29) is 12.3 Å². The van der Waals surface area contributed by atoms with Gasteiger partial charge in [-0.3, -0.25) is 4.79 Å². The first-order valence-electron chi connectivity index (χ1n) is 10.1. The van der Waals surface area contributed by atoms with Crippen LogP contribution in [0.2, 0.25) is 0 Å². The number of alkyl halides is 1. The van der Waals surface area contributed by atoms with Gasteiger partial charge in [0.1, 0.15) is 0 Å². The first kappa shape index (κ1) is 24.4. The SMILES string of the molecule is CCCCC/C=C\C/C=C\C/C=C\C/C=C\CCC(C)CC(F)C(N)=O. The zero-order valence-electron chi connectivity index (χ0n) is 16.7. The van der Waals surface area contributed by atoms with E-state index >= 15 is 0 Å². The third-order valence-electron chi connectivity index (χ3n) is 4.20. The molecule has 2 unspecified atom stereocenters. The molecule has 0 fully saturated rings. The van der Waals surface area contributed by atoms with Gasteiger partial charge in [0, 0.05) is 0 Å². The van der Waals surface area contributed by atoms with Gasteiger partial charge in [-0.2, -0.15) is 0 Å². The maximum atomic E-state index is 13.2. The van der Waals surface area contributed by atoms with E-state index in [1.165, 1.54) is 25.7 Å². The smallest absolute Gasteiger partial charge is 0.251 e. The van der Waals surface area contributed by atoms with Crippen LogP contribution < -0.4 is 5.73 Å². The van der Waals surface area contributed by atoms with Crippen molar-refractivity contribution in [3.63, 3.8) is 0 Å². The fraction of sp³-hybridized carbons (Fsp3) is 0.609. The molecule has 2 N–H and O–H groups in total. The van der Waals surface area contributed by atoms with Crippen LogP contribution in [0.1, 0.15) is 78.1 Å². The number of carbonyl (C=O) groups excluding carboxylic acids is 1. The van der Waals surface area contributed by atoms with E-state index in [4.69, 9.17) is 5.73 Å². The van der Waals surface area contributed by atoms with Crippen molar-refractivity contribution >= 4 is 5.91 Å². The largest absolute Gasteiger partial charge is 0.367 e. The zero-order chi connectivity index (χ0) is 19.5. The summed E-state index contributed by atoms with van der Waals surface area (Å²) in [5.74, 6) is -0.682. The highest BCUT2D eigenvalue weighted by atomic mass is 19.1. The number of carbonyl (C=O) groups is 1. The fourth-order valence-corrected chi connectivity index (χ4v) is 2.53. The topological polar surface area (TPSA) is 43.1 Å². The Morgan fingerprint density at radius 1 is 0.885 bits per heavy atom. The molecule has 0 aromatic heterocycles. The molecule has 0 saturated carbocycles. The third-order valence-corrected chi connectivity index (χ3v) is 4.20. The Morgan fingerprint density at radius 2 is 1.38 bits per heavy atom. The summed E-state index contributed by atoms with van der Waals surface area (Å²) in [6.45, 7) is 4.18. The Kier molecular flexibility index (Phi) is 17.0. The minimum absolute atomic E-state index is 0.170. The summed E-state index contributed by atoms with van der Waals surface area (Å²) in [4.78, 5) is 10.7. The van der Waals surface area contributed by atoms with Crippen LogP contribution in [0.15, 0.2) is 48.6 Å². The molecule has 0 aliphatic heterocycles. The maximum absolute atomic E-state index is 13.2. The second-order valence-electron chi connectivity index (χ2n) is 6.88. The van der Waals surface area contributed by atoms with Crippen molar-refractivity contribution in [1.29, 1.82) is 0 Å². The van der Waals surface area contributed by atoms with Gasteiger partial charge in [0.2, 0.25) is 0 Å². The number of halogens is 1. The molecule has 0 bridgehead atoms. The van der Waals surface area contributed by atoms with Crippen molar-refractivity contribution in [2.24, 2.45) is 11.7 Å². The van der Waals surface area contributed by atoms with Gasteiger partial charge >= 0.3 is 0 Å². The van der Waals surface area contributed by atoms with E-state index in [0.717, 1.165) is 32.1 Å². The van der Waals surface area contributed by atoms with Crippen LogP contribution in [0.25, 0.3) is 0 Å². The van der Waals surface area contributed by atoms with Crippen molar-refractivity contribution in [2.45, 2.75) is 84.2 Å². The first-order chi connectivity index (χ1) is 12.6. The Morgan fingerprint density at radius 3 is 1.88 bits per heavy atom. The Labute approximate surface area is 160 Å². The van der Waals surface area contributed by atoms with Crippen LogP contribution in [0, 0.1) is 5.92 Å². The van der Waals surface area contributed by atoms with Crippen LogP contribution in [-0.4, -0.2) is 12.1 Å². The first-order valence-corrected chi connectivity index (χ1v) is 10.1. The monoisotopic (exact) mass is 363 g/mol. The minimum Gasteiger partial charge on any atom is -0.367 e. The van der Waals surface area contributed by atoms with Gasteiger partial charge in [-0.25, -0.2) is 4.39 Å². The average molecular weight is 364 g/mol. The number of rotatable bonds is 16. The second-order valence-corrected chi connectivity index (χ2v) is 6.88. The summed E-state index contributed by atoms with van der Waals surface area (Å²) < 4.78 is 13.2. The molecule has 1 amide bonds. The molecule has 0 aliphatic carbocycles. The van der Waals surface area contributed by atoms with Gasteiger partial charge in [-0.1, -0.05) is 75.3 Å². The quantitative estimate of drug-likeness (QED) is 0.244. The van der Waals surface area contributed by atoms with E-state index in [1.807, 2.05) is 6.92 Å². The minimum atomic E-state index is -1.51. The standard InChI is InChI=1S/C23H38FNO/c1-3-4-5-6-7-8-9-10-11-12-13-14-15-16-17-18-19-21(2)20-22(24)23(25)26/h7-8,10-11,13-14,16-17,21-22H,3-6,9,12,15,18-20H2,1-2H3,(H2,25,26)/b8-7-,11-10-,14-13-,17-16-. The highest BCUT2D eigenvalue weighted by Crippen LogP contribution is 2.15. The van der Waals surface area contributed by atoms with Crippen LogP contribution in [-0.2, 0) is 4.79 Å². The lowest BCUT2D eigenvalue weighted by molar-refractivity contribution is -0.123. The number of hydrogen-bond donors (Lipinski definition) is 1. The molecule has 0 aromatic rings. The molecular formula is C23H38FNO. The predicted octanol–water partition coefficient (Wildman–Crippen LogP) is 6.59. The van der Waals surface area contributed by atoms with Gasteiger partial charge in [0.05, 0.1) is 0 Å². The van der Waals surface area contributed by atoms with E-state index in [0.29, 0.717) is 0 Å². The summed E-state index contributed by atoms with van der Waals surface area (Å²) in [5, 5.41) is 0. The van der Waals surface area contributed by atoms with Gasteiger partial charge < -0.3 is 5.73 Å². The molecule has 26 heavy (non-hydrogen) atoms. The highest BCUT2D eigenvalue weighted by Gasteiger charge is 2.16. The van der Waals surface area contributed by atoms with Crippen molar-refractivity contribution < 1.29 is 9.18 Å². The van der Waals surface area contributed by atoms with Crippen LogP contribution >= 0.6 is 0 Å². The van der Waals surface area contributed by atoms with Gasteiger partial charge in [0.25, 0.3) is 5.91 Å². The van der Waals surface area contributed by atoms with Gasteiger partial charge in [-0.05, 0) is 57.3 Å². The summed E-state index contributed by atoms with van der Waals surface area (Å²) in [5.41, 5.74) is 4.93. The second kappa shape index (κ2) is 18.2. The lowest BCUT2D eigenvalue weighted by Gasteiger charge is -2.11. The highest BCUT2D eigenvalue weighted by molar-refractivity contribution is 5.78. The van der Waals surface area contributed by atoms with E-state index < -0.39 is 12.1 Å². The molecule has 2 atom stereocenters. The van der Waals surface area contributed by atoms with Gasteiger partial charge in [-0.15, -0.1) is 0 Å². The van der Waals surface area contributed by atoms with Gasteiger partial charge in [0.15, 0.2) is 6.17 Å². The van der Waals surface area contributed by atoms with Crippen LogP contribution in [0.4, 0.5) is 4.39 Å². The maximum Gasteiger partial charge on any atom is 0.251 e. The van der Waals surface area contributed by atoms with E-state index in [2.05, 4.69) is 55.5 Å². The molecule has 3 heteroatoms. The zero-order valence-corrected chi connectivity index (χ0v) is 16.7. The lowest BCUT2D eigenvalue weighted by atomic mass is 9.98. The van der Waals surface area contributed by atoms with Crippen LogP contribution in [0.3, 0.4) is 0 Å². The fourth-order valence-electron chi connectivity index (χ4n) is 2.53. The molecule has 0 rings (SSSR count). The summed E-state index contributed by atoms with van der Waals surface area (Å²) in [6, 6.07) is 0.